The molecule has 0 fully saturated rings. The van der Waals surface area contributed by atoms with Crippen molar-refractivity contribution in [3.63, 3.8) is 0 Å². The molecule has 17 heavy (non-hydrogen) atoms. The Morgan fingerprint density at radius 3 is 3.24 bits per heavy atom. The number of nitrogen functional groups attached to an aromatic ring is 1. The number of nitrogens with one attached hydrogen (secondary N) is 1. The van der Waals surface area contributed by atoms with E-state index in [9.17, 15) is 4.79 Å². The highest BCUT2D eigenvalue weighted by atomic mass is 32.1. The van der Waals surface area contributed by atoms with Crippen molar-refractivity contribution < 1.29 is 4.79 Å². The predicted octanol–water partition coefficient (Wildman–Crippen LogP) is 1.25. The highest BCUT2D eigenvalue weighted by Gasteiger charge is 2.23. The molecule has 3 N–H and O–H groups in total. The van der Waals surface area contributed by atoms with Crippen LogP contribution in [-0.4, -0.2) is 27.5 Å². The van der Waals surface area contributed by atoms with Crippen molar-refractivity contribution in [3.05, 3.63) is 33.6 Å². The van der Waals surface area contributed by atoms with Crippen LogP contribution in [0.25, 0.3) is 0 Å². The van der Waals surface area contributed by atoms with E-state index in [-0.39, 0.29) is 5.91 Å². The normalized spacial score (nSPS) is 14.7. The van der Waals surface area contributed by atoms with Gasteiger partial charge in [-0.15, -0.1) is 11.3 Å². The van der Waals surface area contributed by atoms with Crippen LogP contribution in [0.5, 0.6) is 0 Å². The minimum Gasteiger partial charge on any atom is -0.382 e. The van der Waals surface area contributed by atoms with Gasteiger partial charge >= 0.3 is 0 Å². The number of fused-ring (bicyclic) bond motifs is 1. The first-order valence-corrected chi connectivity index (χ1v) is 6.27. The van der Waals surface area contributed by atoms with Crippen LogP contribution >= 0.6 is 11.3 Å². The summed E-state index contributed by atoms with van der Waals surface area (Å²) < 4.78 is 0. The standard InChI is InChI=1S/C11H12N4OS/c12-10-5-8(13-14-10)11(16)15-3-1-9-7(6-15)2-4-17-9/h2,4-5H,1,3,6H2,(H3,12,13,14). The summed E-state index contributed by atoms with van der Waals surface area (Å²) in [7, 11) is 0. The summed E-state index contributed by atoms with van der Waals surface area (Å²) in [5, 5.41) is 8.51. The van der Waals surface area contributed by atoms with E-state index in [0.29, 0.717) is 18.1 Å². The number of H-pyrrole nitrogens is 1. The van der Waals surface area contributed by atoms with Gasteiger partial charge in [-0.3, -0.25) is 9.89 Å². The Kier molecular flexibility index (Phi) is 2.36. The Labute approximate surface area is 102 Å². The molecule has 1 aliphatic heterocycles. The molecule has 2 aromatic rings. The van der Waals surface area contributed by atoms with Gasteiger partial charge in [-0.05, 0) is 23.4 Å². The third kappa shape index (κ3) is 1.80. The minimum absolute atomic E-state index is 0.0361. The molecule has 0 aromatic carbocycles. The average molecular weight is 248 g/mol. The number of amides is 1. The van der Waals surface area contributed by atoms with Gasteiger partial charge in [0.25, 0.3) is 5.91 Å². The maximum Gasteiger partial charge on any atom is 0.272 e. The molecule has 3 rings (SSSR count). The fraction of sp³-hybridized carbons (Fsp3) is 0.273. The average Bonchev–Trinajstić information content (AvgIpc) is 2.95. The highest BCUT2D eigenvalue weighted by molar-refractivity contribution is 7.10. The van der Waals surface area contributed by atoms with Crippen LogP contribution in [-0.2, 0) is 13.0 Å². The van der Waals surface area contributed by atoms with E-state index >= 15 is 0 Å². The number of nitrogens with zero attached hydrogens (tertiary/aromatic N) is 2. The van der Waals surface area contributed by atoms with Gasteiger partial charge in [0.2, 0.25) is 0 Å². The Morgan fingerprint density at radius 2 is 2.47 bits per heavy atom. The molecule has 88 valence electrons. The molecule has 0 saturated heterocycles. The number of aromatic nitrogens is 2. The van der Waals surface area contributed by atoms with E-state index in [2.05, 4.69) is 21.6 Å². The first-order valence-electron chi connectivity index (χ1n) is 5.39. The number of carbonyl (C=O) groups is 1. The first-order chi connectivity index (χ1) is 8.24. The summed E-state index contributed by atoms with van der Waals surface area (Å²) in [5.74, 6) is 0.313. The molecule has 0 atom stereocenters. The van der Waals surface area contributed by atoms with E-state index < -0.39 is 0 Å². The Hall–Kier alpha value is -1.82. The lowest BCUT2D eigenvalue weighted by molar-refractivity contribution is 0.0730. The molecule has 5 nitrogen and oxygen atoms in total. The molecule has 0 radical (unpaired) electrons. The molecule has 0 saturated carbocycles. The summed E-state index contributed by atoms with van der Waals surface area (Å²) in [6.45, 7) is 1.43. The monoisotopic (exact) mass is 248 g/mol. The topological polar surface area (TPSA) is 75.0 Å². The van der Waals surface area contributed by atoms with Gasteiger partial charge in [0.1, 0.15) is 11.5 Å². The van der Waals surface area contributed by atoms with Crippen LogP contribution in [0, 0.1) is 0 Å². The van der Waals surface area contributed by atoms with Gasteiger partial charge in [0.05, 0.1) is 0 Å². The second-order valence-electron chi connectivity index (χ2n) is 4.05. The first kappa shape index (κ1) is 10.3. The van der Waals surface area contributed by atoms with Crippen LogP contribution in [0.2, 0.25) is 0 Å². The zero-order chi connectivity index (χ0) is 11.8. The summed E-state index contributed by atoms with van der Waals surface area (Å²) in [6.07, 6.45) is 0.933. The van der Waals surface area contributed by atoms with E-state index in [4.69, 9.17) is 5.73 Å². The van der Waals surface area contributed by atoms with Crippen molar-refractivity contribution in [2.24, 2.45) is 0 Å². The molecule has 1 aliphatic rings. The summed E-state index contributed by atoms with van der Waals surface area (Å²) in [6, 6.07) is 3.66. The summed E-state index contributed by atoms with van der Waals surface area (Å²) in [5.41, 5.74) is 7.21. The number of nitrogens with two attached hydrogens (primary N) is 1. The molecule has 0 aliphatic carbocycles. The van der Waals surface area contributed by atoms with Crippen LogP contribution in [0.1, 0.15) is 20.9 Å². The third-order valence-electron chi connectivity index (χ3n) is 2.92. The fourth-order valence-electron chi connectivity index (χ4n) is 2.04. The van der Waals surface area contributed by atoms with Crippen LogP contribution in [0.4, 0.5) is 5.82 Å². The van der Waals surface area contributed by atoms with Crippen LogP contribution < -0.4 is 5.73 Å². The van der Waals surface area contributed by atoms with Crippen molar-refractivity contribution in [1.29, 1.82) is 0 Å². The van der Waals surface area contributed by atoms with E-state index in [1.807, 2.05) is 4.90 Å². The van der Waals surface area contributed by atoms with Crippen molar-refractivity contribution in [2.45, 2.75) is 13.0 Å². The fourth-order valence-corrected chi connectivity index (χ4v) is 2.93. The van der Waals surface area contributed by atoms with Crippen molar-refractivity contribution >= 4 is 23.1 Å². The van der Waals surface area contributed by atoms with Crippen molar-refractivity contribution in [2.75, 3.05) is 12.3 Å². The maximum absolute atomic E-state index is 12.1. The Balaban J connectivity index is 1.81. The number of anilines is 1. The highest BCUT2D eigenvalue weighted by Crippen LogP contribution is 2.24. The van der Waals surface area contributed by atoms with Crippen molar-refractivity contribution in [1.82, 2.24) is 15.1 Å². The molecule has 0 unspecified atom stereocenters. The molecular weight excluding hydrogens is 236 g/mol. The van der Waals surface area contributed by atoms with Gasteiger partial charge < -0.3 is 10.6 Å². The molecule has 0 spiro atoms. The number of hydrogen-bond donors (Lipinski definition) is 2. The Bertz CT molecular complexity index is 559. The molecular formula is C11H12N4OS. The summed E-state index contributed by atoms with van der Waals surface area (Å²) in [4.78, 5) is 15.4. The lowest BCUT2D eigenvalue weighted by atomic mass is 10.1. The van der Waals surface area contributed by atoms with Gasteiger partial charge in [-0.2, -0.15) is 5.10 Å². The van der Waals surface area contributed by atoms with Crippen molar-refractivity contribution in [3.8, 4) is 0 Å². The number of carbonyl (C=O) groups excluding carboxylic acids is 1. The third-order valence-corrected chi connectivity index (χ3v) is 3.95. The van der Waals surface area contributed by atoms with Gasteiger partial charge in [-0.25, -0.2) is 0 Å². The smallest absolute Gasteiger partial charge is 0.272 e. The lowest BCUT2D eigenvalue weighted by Gasteiger charge is -2.26. The minimum atomic E-state index is -0.0361. The van der Waals surface area contributed by atoms with Crippen LogP contribution in [0.3, 0.4) is 0 Å². The second-order valence-corrected chi connectivity index (χ2v) is 5.05. The number of aromatic amines is 1. The lowest BCUT2D eigenvalue weighted by Crippen LogP contribution is -2.35. The largest absolute Gasteiger partial charge is 0.382 e. The zero-order valence-electron chi connectivity index (χ0n) is 9.14. The summed E-state index contributed by atoms with van der Waals surface area (Å²) >= 11 is 1.76. The molecule has 2 aromatic heterocycles. The number of hydrogen-bond acceptors (Lipinski definition) is 4. The maximum atomic E-state index is 12.1. The SMILES string of the molecule is Nc1cc(C(=O)N2CCc3sccc3C2)[nH]n1. The second kappa shape index (κ2) is 3.89. The van der Waals surface area contributed by atoms with E-state index in [1.165, 1.54) is 10.4 Å². The predicted molar refractivity (Wildman–Crippen MR) is 65.8 cm³/mol. The van der Waals surface area contributed by atoms with Crippen LogP contribution in [0.15, 0.2) is 17.5 Å². The molecule has 3 heterocycles. The number of rotatable bonds is 1. The quantitative estimate of drug-likeness (QED) is 0.797. The zero-order valence-corrected chi connectivity index (χ0v) is 9.96. The molecule has 1 amide bonds. The van der Waals surface area contributed by atoms with E-state index in [0.717, 1.165) is 13.0 Å². The Morgan fingerprint density at radius 1 is 1.59 bits per heavy atom. The van der Waals surface area contributed by atoms with Gasteiger partial charge in [0, 0.05) is 24.0 Å². The molecule has 6 heteroatoms. The van der Waals surface area contributed by atoms with E-state index in [1.54, 1.807) is 17.4 Å². The molecule has 0 bridgehead atoms. The van der Waals surface area contributed by atoms with Gasteiger partial charge in [-0.1, -0.05) is 0 Å². The van der Waals surface area contributed by atoms with Gasteiger partial charge in [0.15, 0.2) is 0 Å². The number of thiophene rings is 1.